The van der Waals surface area contributed by atoms with Crippen molar-refractivity contribution in [2.75, 3.05) is 13.7 Å². The zero-order valence-electron chi connectivity index (χ0n) is 14.9. The Bertz CT molecular complexity index is 700. The highest BCUT2D eigenvalue weighted by Gasteiger charge is 2.21. The monoisotopic (exact) mass is 357 g/mol. The van der Waals surface area contributed by atoms with E-state index in [1.54, 1.807) is 38.3 Å². The Labute approximate surface area is 153 Å². The smallest absolute Gasteiger partial charge is 0.344 e. The van der Waals surface area contributed by atoms with Gasteiger partial charge >= 0.3 is 5.97 Å². The highest BCUT2D eigenvalue weighted by Crippen LogP contribution is 2.17. The van der Waals surface area contributed by atoms with E-state index in [9.17, 15) is 9.59 Å². The standard InChI is InChI=1S/C20H23NO5/c1-3-18(20(23)21-13-15-7-5-4-6-8-15)26-19(22)14-25-17-11-9-16(24-2)10-12-17/h4-12,18H,3,13-14H2,1-2H3,(H,21,23). The molecule has 0 saturated heterocycles. The molecule has 0 bridgehead atoms. The second kappa shape index (κ2) is 10.1. The van der Waals surface area contributed by atoms with E-state index in [4.69, 9.17) is 14.2 Å². The molecule has 0 spiro atoms. The van der Waals surface area contributed by atoms with Gasteiger partial charge in [-0.3, -0.25) is 4.79 Å². The summed E-state index contributed by atoms with van der Waals surface area (Å²) in [6, 6.07) is 16.4. The first kappa shape index (κ1) is 19.3. The van der Waals surface area contributed by atoms with Gasteiger partial charge in [0, 0.05) is 6.54 Å². The van der Waals surface area contributed by atoms with Crippen molar-refractivity contribution < 1.29 is 23.8 Å². The van der Waals surface area contributed by atoms with Crippen molar-refractivity contribution in [3.8, 4) is 11.5 Å². The van der Waals surface area contributed by atoms with Crippen LogP contribution in [0.2, 0.25) is 0 Å². The van der Waals surface area contributed by atoms with E-state index >= 15 is 0 Å². The van der Waals surface area contributed by atoms with Crippen molar-refractivity contribution in [1.29, 1.82) is 0 Å². The summed E-state index contributed by atoms with van der Waals surface area (Å²) >= 11 is 0. The van der Waals surface area contributed by atoms with Crippen LogP contribution in [0.25, 0.3) is 0 Å². The van der Waals surface area contributed by atoms with Gasteiger partial charge in [0.05, 0.1) is 7.11 Å². The first-order valence-electron chi connectivity index (χ1n) is 8.40. The fourth-order valence-corrected chi connectivity index (χ4v) is 2.23. The van der Waals surface area contributed by atoms with E-state index in [1.807, 2.05) is 30.3 Å². The van der Waals surface area contributed by atoms with Gasteiger partial charge in [0.1, 0.15) is 11.5 Å². The minimum absolute atomic E-state index is 0.269. The van der Waals surface area contributed by atoms with Gasteiger partial charge in [-0.1, -0.05) is 37.3 Å². The number of nitrogens with one attached hydrogen (secondary N) is 1. The second-order valence-corrected chi connectivity index (χ2v) is 5.55. The normalized spacial score (nSPS) is 11.3. The lowest BCUT2D eigenvalue weighted by atomic mass is 10.2. The number of carbonyl (C=O) groups excluding carboxylic acids is 2. The minimum Gasteiger partial charge on any atom is -0.497 e. The molecule has 0 saturated carbocycles. The number of amides is 1. The van der Waals surface area contributed by atoms with Crippen LogP contribution >= 0.6 is 0 Å². The van der Waals surface area contributed by atoms with E-state index in [1.165, 1.54) is 0 Å². The molecule has 6 nitrogen and oxygen atoms in total. The van der Waals surface area contributed by atoms with E-state index in [0.29, 0.717) is 24.5 Å². The van der Waals surface area contributed by atoms with Crippen LogP contribution < -0.4 is 14.8 Å². The molecule has 1 amide bonds. The first-order chi connectivity index (χ1) is 12.6. The average Bonchev–Trinajstić information content (AvgIpc) is 2.69. The Morgan fingerprint density at radius 3 is 2.27 bits per heavy atom. The lowest BCUT2D eigenvalue weighted by Crippen LogP contribution is -2.38. The van der Waals surface area contributed by atoms with Crippen molar-refractivity contribution in [2.24, 2.45) is 0 Å². The van der Waals surface area contributed by atoms with Gasteiger partial charge in [0.2, 0.25) is 0 Å². The molecule has 2 aromatic carbocycles. The van der Waals surface area contributed by atoms with Crippen molar-refractivity contribution in [2.45, 2.75) is 26.0 Å². The predicted molar refractivity (Wildman–Crippen MR) is 96.9 cm³/mol. The molecule has 0 heterocycles. The van der Waals surface area contributed by atoms with Crippen LogP contribution in [0.15, 0.2) is 54.6 Å². The summed E-state index contributed by atoms with van der Waals surface area (Å²) in [5.74, 6) is 0.294. The summed E-state index contributed by atoms with van der Waals surface area (Å²) in [4.78, 5) is 24.1. The number of esters is 1. The van der Waals surface area contributed by atoms with Crippen molar-refractivity contribution >= 4 is 11.9 Å². The highest BCUT2D eigenvalue weighted by molar-refractivity contribution is 5.84. The summed E-state index contributed by atoms with van der Waals surface area (Å²) in [7, 11) is 1.57. The number of hydrogen-bond acceptors (Lipinski definition) is 5. The zero-order valence-corrected chi connectivity index (χ0v) is 14.9. The summed E-state index contributed by atoms with van der Waals surface area (Å²) < 4.78 is 15.6. The number of ether oxygens (including phenoxy) is 3. The van der Waals surface area contributed by atoms with Gasteiger partial charge in [-0.2, -0.15) is 0 Å². The molecule has 0 aliphatic carbocycles. The number of carbonyl (C=O) groups is 2. The SMILES string of the molecule is CCC(OC(=O)COc1ccc(OC)cc1)C(=O)NCc1ccccc1. The summed E-state index contributed by atoms with van der Waals surface area (Å²) in [6.07, 6.45) is -0.458. The van der Waals surface area contributed by atoms with Crippen LogP contribution in [0.3, 0.4) is 0 Å². The van der Waals surface area contributed by atoms with E-state index in [0.717, 1.165) is 5.56 Å². The molecule has 26 heavy (non-hydrogen) atoms. The lowest BCUT2D eigenvalue weighted by molar-refractivity contribution is -0.158. The molecule has 138 valence electrons. The third-order valence-corrected chi connectivity index (χ3v) is 3.66. The van der Waals surface area contributed by atoms with Crippen molar-refractivity contribution in [3.05, 3.63) is 60.2 Å². The number of benzene rings is 2. The first-order valence-corrected chi connectivity index (χ1v) is 8.40. The van der Waals surface area contributed by atoms with Crippen LogP contribution in [-0.4, -0.2) is 31.7 Å². The molecule has 2 rings (SSSR count). The quantitative estimate of drug-likeness (QED) is 0.699. The third-order valence-electron chi connectivity index (χ3n) is 3.66. The Morgan fingerprint density at radius 1 is 1.00 bits per heavy atom. The van der Waals surface area contributed by atoms with Crippen LogP contribution in [0.1, 0.15) is 18.9 Å². The molecule has 6 heteroatoms. The molecule has 1 N–H and O–H groups in total. The molecular weight excluding hydrogens is 334 g/mol. The predicted octanol–water partition coefficient (Wildman–Crippen LogP) is 2.71. The maximum Gasteiger partial charge on any atom is 0.344 e. The van der Waals surface area contributed by atoms with Crippen LogP contribution in [0, 0.1) is 0 Å². The topological polar surface area (TPSA) is 73.9 Å². The van der Waals surface area contributed by atoms with Gasteiger partial charge in [-0.15, -0.1) is 0 Å². The van der Waals surface area contributed by atoms with Gasteiger partial charge in [-0.05, 0) is 36.2 Å². The molecule has 0 radical (unpaired) electrons. The number of methoxy groups -OCH3 is 1. The van der Waals surface area contributed by atoms with Crippen molar-refractivity contribution in [1.82, 2.24) is 5.32 Å². The second-order valence-electron chi connectivity index (χ2n) is 5.55. The van der Waals surface area contributed by atoms with Gasteiger partial charge in [-0.25, -0.2) is 4.79 Å². The Kier molecular flexibility index (Phi) is 7.49. The van der Waals surface area contributed by atoms with Crippen LogP contribution in [-0.2, 0) is 20.9 Å². The Morgan fingerprint density at radius 2 is 1.65 bits per heavy atom. The Hall–Kier alpha value is -3.02. The third kappa shape index (κ3) is 6.12. The van der Waals surface area contributed by atoms with Gasteiger partial charge < -0.3 is 19.5 Å². The average molecular weight is 357 g/mol. The molecular formula is C20H23NO5. The largest absolute Gasteiger partial charge is 0.497 e. The Balaban J connectivity index is 1.77. The molecule has 0 aromatic heterocycles. The van der Waals surface area contributed by atoms with Gasteiger partial charge in [0.15, 0.2) is 12.7 Å². The summed E-state index contributed by atoms with van der Waals surface area (Å²) in [6.45, 7) is 1.90. The molecule has 0 fully saturated rings. The number of hydrogen-bond donors (Lipinski definition) is 1. The van der Waals surface area contributed by atoms with E-state index in [-0.39, 0.29) is 12.5 Å². The van der Waals surface area contributed by atoms with Crippen LogP contribution in [0.4, 0.5) is 0 Å². The molecule has 0 aliphatic rings. The minimum atomic E-state index is -0.842. The van der Waals surface area contributed by atoms with E-state index in [2.05, 4.69) is 5.32 Å². The molecule has 1 atom stereocenters. The van der Waals surface area contributed by atoms with E-state index < -0.39 is 12.1 Å². The summed E-state index contributed by atoms with van der Waals surface area (Å²) in [5.41, 5.74) is 0.977. The van der Waals surface area contributed by atoms with Gasteiger partial charge in [0.25, 0.3) is 5.91 Å². The zero-order chi connectivity index (χ0) is 18.8. The van der Waals surface area contributed by atoms with Crippen molar-refractivity contribution in [3.63, 3.8) is 0 Å². The maximum atomic E-state index is 12.2. The fraction of sp³-hybridized carbons (Fsp3) is 0.300. The highest BCUT2D eigenvalue weighted by atomic mass is 16.6. The molecule has 2 aromatic rings. The molecule has 0 aliphatic heterocycles. The van der Waals surface area contributed by atoms with Crippen LogP contribution in [0.5, 0.6) is 11.5 Å². The fourth-order valence-electron chi connectivity index (χ4n) is 2.23. The lowest BCUT2D eigenvalue weighted by Gasteiger charge is -2.16. The molecule has 1 unspecified atom stereocenters. The maximum absolute atomic E-state index is 12.2. The summed E-state index contributed by atoms with van der Waals surface area (Å²) in [5, 5.41) is 2.77. The number of rotatable bonds is 9.